The Kier molecular flexibility index (Phi) is 5.10. The third-order valence-corrected chi connectivity index (χ3v) is 8.38. The van der Waals surface area contributed by atoms with Crippen molar-refractivity contribution < 1.29 is 4.74 Å². The maximum absolute atomic E-state index is 6.46. The van der Waals surface area contributed by atoms with Gasteiger partial charge in [0, 0.05) is 44.6 Å². The van der Waals surface area contributed by atoms with Crippen LogP contribution in [0.4, 0.5) is 5.82 Å². The minimum Gasteiger partial charge on any atom is -0.490 e. The number of aromatic nitrogens is 2. The molecule has 2 saturated heterocycles. The highest BCUT2D eigenvalue weighted by atomic mass is 16.5. The first-order valence-electron chi connectivity index (χ1n) is 12.3. The van der Waals surface area contributed by atoms with Crippen LogP contribution in [-0.2, 0) is 12.8 Å². The van der Waals surface area contributed by atoms with Crippen molar-refractivity contribution in [3.63, 3.8) is 0 Å². The Bertz CT molecular complexity index is 897. The minimum atomic E-state index is 0.389. The zero-order valence-electron chi connectivity index (χ0n) is 18.5. The summed E-state index contributed by atoms with van der Waals surface area (Å²) in [6, 6.07) is 7.80. The Hall–Kier alpha value is -2.14. The van der Waals surface area contributed by atoms with Crippen molar-refractivity contribution in [1.82, 2.24) is 14.9 Å². The lowest BCUT2D eigenvalue weighted by molar-refractivity contribution is 0.0493. The number of hydrogen-bond donors (Lipinski definition) is 0. The maximum atomic E-state index is 6.46. The second-order valence-electron chi connectivity index (χ2n) is 10.3. The molecule has 0 atom stereocenters. The standard InChI is InChI=1S/C26H34N4O/c1-2-22(3-1)29-12-6-23(7-13-29)31-24-5-4-20-17-26(18-21(20)16-24)8-14-30(15-9-26)25-19-27-10-11-28-25/h4-5,10-11,16,19,22-23H,1-3,6-9,12-15,17-18H2. The maximum Gasteiger partial charge on any atom is 0.147 e. The van der Waals surface area contributed by atoms with Gasteiger partial charge in [0.15, 0.2) is 0 Å². The van der Waals surface area contributed by atoms with E-state index in [0.717, 1.165) is 30.7 Å². The fourth-order valence-electron chi connectivity index (χ4n) is 6.20. The molecule has 1 aromatic heterocycles. The van der Waals surface area contributed by atoms with Crippen LogP contribution in [0, 0.1) is 5.41 Å². The third kappa shape index (κ3) is 3.93. The lowest BCUT2D eigenvalue weighted by Gasteiger charge is -2.41. The summed E-state index contributed by atoms with van der Waals surface area (Å²) in [5.74, 6) is 2.11. The van der Waals surface area contributed by atoms with Gasteiger partial charge in [-0.1, -0.05) is 12.5 Å². The van der Waals surface area contributed by atoms with E-state index >= 15 is 0 Å². The van der Waals surface area contributed by atoms with E-state index in [1.165, 1.54) is 76.4 Å². The highest BCUT2D eigenvalue weighted by Crippen LogP contribution is 2.46. The average molecular weight is 419 g/mol. The first kappa shape index (κ1) is 19.5. The van der Waals surface area contributed by atoms with Crippen LogP contribution >= 0.6 is 0 Å². The van der Waals surface area contributed by atoms with E-state index < -0.39 is 0 Å². The molecule has 0 N–H and O–H groups in total. The molecule has 5 nitrogen and oxygen atoms in total. The molecule has 2 aliphatic carbocycles. The lowest BCUT2D eigenvalue weighted by Crippen LogP contribution is -2.46. The summed E-state index contributed by atoms with van der Waals surface area (Å²) in [6.07, 6.45) is 17.3. The van der Waals surface area contributed by atoms with Gasteiger partial charge in [-0.3, -0.25) is 4.98 Å². The Balaban J connectivity index is 1.05. The number of fused-ring (bicyclic) bond motifs is 1. The van der Waals surface area contributed by atoms with Gasteiger partial charge < -0.3 is 14.5 Å². The first-order valence-corrected chi connectivity index (χ1v) is 12.3. The highest BCUT2D eigenvalue weighted by Gasteiger charge is 2.40. The quantitative estimate of drug-likeness (QED) is 0.742. The van der Waals surface area contributed by atoms with E-state index in [0.29, 0.717) is 11.5 Å². The van der Waals surface area contributed by atoms with Gasteiger partial charge >= 0.3 is 0 Å². The molecule has 164 valence electrons. The zero-order chi connectivity index (χ0) is 20.7. The van der Waals surface area contributed by atoms with E-state index in [1.807, 2.05) is 6.20 Å². The van der Waals surface area contributed by atoms with Gasteiger partial charge in [-0.25, -0.2) is 4.98 Å². The molecule has 0 amide bonds. The normalized spacial score (nSPS) is 24.2. The topological polar surface area (TPSA) is 41.5 Å². The summed E-state index contributed by atoms with van der Waals surface area (Å²) >= 11 is 0. The van der Waals surface area contributed by atoms with Crippen molar-refractivity contribution in [3.05, 3.63) is 47.9 Å². The molecule has 1 saturated carbocycles. The Morgan fingerprint density at radius 3 is 2.42 bits per heavy atom. The monoisotopic (exact) mass is 418 g/mol. The van der Waals surface area contributed by atoms with Crippen LogP contribution in [0.3, 0.4) is 0 Å². The smallest absolute Gasteiger partial charge is 0.147 e. The van der Waals surface area contributed by atoms with Crippen molar-refractivity contribution in [2.45, 2.75) is 69.9 Å². The molecular weight excluding hydrogens is 384 g/mol. The first-order chi connectivity index (χ1) is 15.3. The number of ether oxygens (including phenoxy) is 1. The van der Waals surface area contributed by atoms with Crippen LogP contribution < -0.4 is 9.64 Å². The summed E-state index contributed by atoms with van der Waals surface area (Å²) in [5, 5.41) is 0. The second kappa shape index (κ2) is 8.09. The number of nitrogens with zero attached hydrogens (tertiary/aromatic N) is 4. The predicted molar refractivity (Wildman–Crippen MR) is 123 cm³/mol. The molecule has 6 rings (SSSR count). The molecule has 2 aliphatic heterocycles. The Morgan fingerprint density at radius 1 is 0.903 bits per heavy atom. The van der Waals surface area contributed by atoms with Gasteiger partial charge in [-0.2, -0.15) is 0 Å². The van der Waals surface area contributed by atoms with Gasteiger partial charge in [0.25, 0.3) is 0 Å². The Morgan fingerprint density at radius 2 is 1.71 bits per heavy atom. The predicted octanol–water partition coefficient (Wildman–Crippen LogP) is 4.26. The van der Waals surface area contributed by atoms with Crippen LogP contribution in [0.1, 0.15) is 56.1 Å². The van der Waals surface area contributed by atoms with E-state index in [9.17, 15) is 0 Å². The number of rotatable bonds is 4. The van der Waals surface area contributed by atoms with Crippen molar-refractivity contribution in [2.75, 3.05) is 31.1 Å². The largest absolute Gasteiger partial charge is 0.490 e. The van der Waals surface area contributed by atoms with Gasteiger partial charge in [-0.05, 0) is 80.0 Å². The fraction of sp³-hybridized carbons (Fsp3) is 0.615. The number of benzene rings is 1. The van der Waals surface area contributed by atoms with E-state index in [1.54, 1.807) is 18.0 Å². The molecule has 0 unspecified atom stereocenters. The SMILES string of the molecule is c1cnc(N2CCC3(CC2)Cc2ccc(OC4CCN(C5CCC5)CC4)cc2C3)cn1. The summed E-state index contributed by atoms with van der Waals surface area (Å²) in [7, 11) is 0. The third-order valence-electron chi connectivity index (χ3n) is 8.38. The van der Waals surface area contributed by atoms with Gasteiger partial charge in [0.2, 0.25) is 0 Å². The zero-order valence-corrected chi connectivity index (χ0v) is 18.5. The van der Waals surface area contributed by atoms with Crippen LogP contribution in [0.5, 0.6) is 5.75 Å². The number of hydrogen-bond acceptors (Lipinski definition) is 5. The second-order valence-corrected chi connectivity index (χ2v) is 10.3. The highest BCUT2D eigenvalue weighted by molar-refractivity contribution is 5.42. The summed E-state index contributed by atoms with van der Waals surface area (Å²) in [5.41, 5.74) is 3.49. The molecule has 4 aliphatic rings. The molecule has 0 radical (unpaired) electrons. The van der Waals surface area contributed by atoms with E-state index in [4.69, 9.17) is 4.74 Å². The molecular formula is C26H34N4O. The van der Waals surface area contributed by atoms with Crippen LogP contribution in [0.15, 0.2) is 36.8 Å². The van der Waals surface area contributed by atoms with E-state index in [-0.39, 0.29) is 0 Å². The van der Waals surface area contributed by atoms with Crippen LogP contribution in [0.2, 0.25) is 0 Å². The fourth-order valence-corrected chi connectivity index (χ4v) is 6.20. The molecule has 0 bridgehead atoms. The molecule has 1 spiro atoms. The number of anilines is 1. The molecule has 1 aromatic carbocycles. The lowest BCUT2D eigenvalue weighted by atomic mass is 9.76. The van der Waals surface area contributed by atoms with Gasteiger partial charge in [-0.15, -0.1) is 0 Å². The minimum absolute atomic E-state index is 0.389. The average Bonchev–Trinajstić information content (AvgIpc) is 3.12. The molecule has 3 heterocycles. The summed E-state index contributed by atoms with van der Waals surface area (Å²) in [4.78, 5) is 13.8. The molecule has 2 aromatic rings. The van der Waals surface area contributed by atoms with Crippen molar-refractivity contribution >= 4 is 5.82 Å². The van der Waals surface area contributed by atoms with Gasteiger partial charge in [0.05, 0.1) is 6.20 Å². The number of likely N-dealkylation sites (tertiary alicyclic amines) is 1. The van der Waals surface area contributed by atoms with E-state index in [2.05, 4.69) is 38.0 Å². The Labute approximate surface area is 185 Å². The molecule has 5 heteroatoms. The summed E-state index contributed by atoms with van der Waals surface area (Å²) in [6.45, 7) is 4.59. The van der Waals surface area contributed by atoms with Crippen molar-refractivity contribution in [2.24, 2.45) is 5.41 Å². The molecule has 31 heavy (non-hydrogen) atoms. The number of piperidine rings is 2. The summed E-state index contributed by atoms with van der Waals surface area (Å²) < 4.78 is 6.46. The van der Waals surface area contributed by atoms with Crippen LogP contribution in [0.25, 0.3) is 0 Å². The molecule has 3 fully saturated rings. The van der Waals surface area contributed by atoms with Crippen LogP contribution in [-0.4, -0.2) is 53.2 Å². The van der Waals surface area contributed by atoms with Crippen molar-refractivity contribution in [3.8, 4) is 5.75 Å². The van der Waals surface area contributed by atoms with Gasteiger partial charge in [0.1, 0.15) is 17.7 Å². The van der Waals surface area contributed by atoms with Crippen molar-refractivity contribution in [1.29, 1.82) is 0 Å².